The highest BCUT2D eigenvalue weighted by Gasteiger charge is 2.31. The number of nitrogens with zero attached hydrogens (tertiary/aromatic N) is 1. The Kier molecular flexibility index (Phi) is 5.52. The Morgan fingerprint density at radius 1 is 1.28 bits per heavy atom. The van der Waals surface area contributed by atoms with Crippen LogP contribution in [0.3, 0.4) is 0 Å². The molecule has 0 aliphatic heterocycles. The van der Waals surface area contributed by atoms with Crippen molar-refractivity contribution in [2.45, 2.75) is 59.8 Å². The highest BCUT2D eigenvalue weighted by molar-refractivity contribution is 7.18. The van der Waals surface area contributed by atoms with Crippen molar-refractivity contribution >= 4 is 21.6 Å². The van der Waals surface area contributed by atoms with Crippen LogP contribution in [0.15, 0.2) is 29.1 Å². The quantitative estimate of drug-likeness (QED) is 0.526. The van der Waals surface area contributed by atoms with Crippen molar-refractivity contribution in [1.29, 1.82) is 0 Å². The van der Waals surface area contributed by atoms with E-state index in [0.717, 1.165) is 53.6 Å². The van der Waals surface area contributed by atoms with E-state index < -0.39 is 0 Å². The molecule has 1 atom stereocenters. The molecule has 154 valence electrons. The van der Waals surface area contributed by atoms with Crippen molar-refractivity contribution in [2.24, 2.45) is 11.3 Å². The number of H-pyrrole nitrogens is 1. The van der Waals surface area contributed by atoms with Crippen LogP contribution in [0.4, 0.5) is 0 Å². The molecule has 4 rings (SSSR count). The molecular weight excluding hydrogens is 380 g/mol. The van der Waals surface area contributed by atoms with E-state index >= 15 is 0 Å². The lowest BCUT2D eigenvalue weighted by atomic mass is 9.72. The van der Waals surface area contributed by atoms with Gasteiger partial charge in [-0.1, -0.05) is 46.2 Å². The number of aromatic amines is 1. The van der Waals surface area contributed by atoms with Crippen molar-refractivity contribution in [1.82, 2.24) is 9.97 Å². The first-order valence-corrected chi connectivity index (χ1v) is 11.5. The lowest BCUT2D eigenvalue weighted by Gasteiger charge is -2.33. The van der Waals surface area contributed by atoms with Gasteiger partial charge in [0.1, 0.15) is 16.4 Å². The Morgan fingerprint density at radius 2 is 2.07 bits per heavy atom. The average Bonchev–Trinajstić information content (AvgIpc) is 3.06. The summed E-state index contributed by atoms with van der Waals surface area (Å²) < 4.78 is 5.96. The number of unbranched alkanes of at least 4 members (excludes halogenated alkanes) is 1. The average molecular weight is 411 g/mol. The molecular formula is C24H30N2O2S. The maximum absolute atomic E-state index is 13.0. The summed E-state index contributed by atoms with van der Waals surface area (Å²) in [5.41, 5.74) is 2.33. The molecule has 0 amide bonds. The first-order chi connectivity index (χ1) is 13.9. The number of hydrogen-bond acceptors (Lipinski definition) is 4. The summed E-state index contributed by atoms with van der Waals surface area (Å²) in [6.45, 7) is 9.75. The molecule has 2 heterocycles. The minimum Gasteiger partial charge on any atom is -0.493 e. The van der Waals surface area contributed by atoms with Crippen molar-refractivity contribution in [3.05, 3.63) is 45.1 Å². The van der Waals surface area contributed by atoms with Gasteiger partial charge in [0.15, 0.2) is 0 Å². The molecule has 3 aromatic rings. The van der Waals surface area contributed by atoms with Crippen LogP contribution in [-0.4, -0.2) is 16.6 Å². The third kappa shape index (κ3) is 3.97. The number of fused-ring (bicyclic) bond motifs is 3. The van der Waals surface area contributed by atoms with Gasteiger partial charge in [-0.25, -0.2) is 4.98 Å². The van der Waals surface area contributed by atoms with E-state index in [1.165, 1.54) is 10.4 Å². The second-order valence-corrected chi connectivity index (χ2v) is 10.2. The first-order valence-electron chi connectivity index (χ1n) is 10.6. The second kappa shape index (κ2) is 7.94. The van der Waals surface area contributed by atoms with Gasteiger partial charge < -0.3 is 9.72 Å². The molecule has 0 spiro atoms. The van der Waals surface area contributed by atoms with E-state index in [9.17, 15) is 4.79 Å². The zero-order chi connectivity index (χ0) is 20.6. The number of ether oxygens (including phenoxy) is 1. The zero-order valence-corrected chi connectivity index (χ0v) is 18.6. The number of aromatic nitrogens is 2. The van der Waals surface area contributed by atoms with Crippen LogP contribution < -0.4 is 10.3 Å². The lowest BCUT2D eigenvalue weighted by molar-refractivity contribution is 0.218. The van der Waals surface area contributed by atoms with Gasteiger partial charge in [0, 0.05) is 4.88 Å². The Bertz CT molecular complexity index is 1070. The first kappa shape index (κ1) is 20.1. The molecule has 2 aromatic heterocycles. The fraction of sp³-hybridized carbons (Fsp3) is 0.500. The fourth-order valence-electron chi connectivity index (χ4n) is 4.17. The molecule has 1 unspecified atom stereocenters. The maximum atomic E-state index is 13.0. The number of benzene rings is 1. The number of hydrogen-bond donors (Lipinski definition) is 1. The van der Waals surface area contributed by atoms with Gasteiger partial charge in [-0.05, 0) is 54.7 Å². The molecule has 4 nitrogen and oxygen atoms in total. The van der Waals surface area contributed by atoms with E-state index in [1.807, 2.05) is 24.3 Å². The van der Waals surface area contributed by atoms with Crippen LogP contribution in [0.25, 0.3) is 21.6 Å². The second-order valence-electron chi connectivity index (χ2n) is 9.10. The third-order valence-electron chi connectivity index (χ3n) is 6.04. The fourth-order valence-corrected chi connectivity index (χ4v) is 5.47. The summed E-state index contributed by atoms with van der Waals surface area (Å²) in [7, 11) is 0. The molecule has 0 fully saturated rings. The van der Waals surface area contributed by atoms with Crippen molar-refractivity contribution in [3.8, 4) is 17.1 Å². The molecule has 0 radical (unpaired) electrons. The predicted octanol–water partition coefficient (Wildman–Crippen LogP) is 5.98. The van der Waals surface area contributed by atoms with Gasteiger partial charge in [0.25, 0.3) is 5.56 Å². The Labute approximate surface area is 176 Å². The van der Waals surface area contributed by atoms with Gasteiger partial charge in [0.2, 0.25) is 0 Å². The SMILES string of the molecule is CCCCOc1ccccc1-c1nc2sc3c(c2c(=O)[nH]1)CCC(C(C)(C)C)C3. The van der Waals surface area contributed by atoms with Crippen LogP contribution >= 0.6 is 11.3 Å². The van der Waals surface area contributed by atoms with E-state index in [-0.39, 0.29) is 11.0 Å². The minimum atomic E-state index is -0.0277. The molecule has 0 bridgehead atoms. The van der Waals surface area contributed by atoms with E-state index in [1.54, 1.807) is 11.3 Å². The van der Waals surface area contributed by atoms with Gasteiger partial charge in [0.05, 0.1) is 17.6 Å². The Hall–Kier alpha value is -2.14. The molecule has 1 aliphatic rings. The highest BCUT2D eigenvalue weighted by Crippen LogP contribution is 2.42. The molecule has 0 saturated carbocycles. The molecule has 1 aliphatic carbocycles. The minimum absolute atomic E-state index is 0.0277. The van der Waals surface area contributed by atoms with Crippen molar-refractivity contribution < 1.29 is 4.74 Å². The smallest absolute Gasteiger partial charge is 0.260 e. The van der Waals surface area contributed by atoms with Crippen LogP contribution in [-0.2, 0) is 12.8 Å². The van der Waals surface area contributed by atoms with Crippen LogP contribution in [0.1, 0.15) is 57.4 Å². The van der Waals surface area contributed by atoms with Gasteiger partial charge in [-0.2, -0.15) is 0 Å². The summed E-state index contributed by atoms with van der Waals surface area (Å²) in [6.07, 6.45) is 5.24. The normalized spacial score (nSPS) is 16.8. The maximum Gasteiger partial charge on any atom is 0.260 e. The van der Waals surface area contributed by atoms with E-state index in [2.05, 4.69) is 32.7 Å². The molecule has 5 heteroatoms. The van der Waals surface area contributed by atoms with Crippen molar-refractivity contribution in [3.63, 3.8) is 0 Å². The zero-order valence-electron chi connectivity index (χ0n) is 17.8. The molecule has 1 aromatic carbocycles. The molecule has 0 saturated heterocycles. The number of thiophene rings is 1. The summed E-state index contributed by atoms with van der Waals surface area (Å²) in [6, 6.07) is 7.83. The van der Waals surface area contributed by atoms with Gasteiger partial charge >= 0.3 is 0 Å². The molecule has 29 heavy (non-hydrogen) atoms. The van der Waals surface area contributed by atoms with Gasteiger partial charge in [-0.15, -0.1) is 11.3 Å². The largest absolute Gasteiger partial charge is 0.493 e. The summed E-state index contributed by atoms with van der Waals surface area (Å²) in [4.78, 5) is 23.1. The van der Waals surface area contributed by atoms with Crippen molar-refractivity contribution in [2.75, 3.05) is 6.61 Å². The Morgan fingerprint density at radius 3 is 2.83 bits per heavy atom. The lowest BCUT2D eigenvalue weighted by Crippen LogP contribution is -2.26. The van der Waals surface area contributed by atoms with E-state index in [0.29, 0.717) is 18.3 Å². The van der Waals surface area contributed by atoms with Gasteiger partial charge in [-0.3, -0.25) is 4.79 Å². The number of rotatable bonds is 5. The summed E-state index contributed by atoms with van der Waals surface area (Å²) in [5, 5.41) is 0.797. The number of para-hydroxylation sites is 1. The van der Waals surface area contributed by atoms with Crippen LogP contribution in [0.2, 0.25) is 0 Å². The third-order valence-corrected chi connectivity index (χ3v) is 7.19. The molecule has 1 N–H and O–H groups in total. The van der Waals surface area contributed by atoms with Crippen LogP contribution in [0.5, 0.6) is 5.75 Å². The predicted molar refractivity (Wildman–Crippen MR) is 121 cm³/mol. The van der Waals surface area contributed by atoms with Crippen LogP contribution in [0, 0.1) is 11.3 Å². The summed E-state index contributed by atoms with van der Waals surface area (Å²) in [5.74, 6) is 2.02. The monoisotopic (exact) mass is 410 g/mol. The summed E-state index contributed by atoms with van der Waals surface area (Å²) >= 11 is 1.70. The topological polar surface area (TPSA) is 55.0 Å². The Balaban J connectivity index is 1.74. The number of aryl methyl sites for hydroxylation is 1. The number of nitrogens with one attached hydrogen (secondary N) is 1. The standard InChI is InChI=1S/C24H30N2O2S/c1-5-6-13-28-18-10-8-7-9-16(18)21-25-22(27)20-17-12-11-15(24(2,3)4)14-19(17)29-23(20)26-21/h7-10,15H,5-6,11-14H2,1-4H3,(H,25,26,27). The van der Waals surface area contributed by atoms with E-state index in [4.69, 9.17) is 9.72 Å². The highest BCUT2D eigenvalue weighted by atomic mass is 32.1.